The van der Waals surface area contributed by atoms with Gasteiger partial charge in [0.2, 0.25) is 0 Å². The summed E-state index contributed by atoms with van der Waals surface area (Å²) in [5.41, 5.74) is 0. The van der Waals surface area contributed by atoms with Crippen LogP contribution in [0.25, 0.3) is 0 Å². The molecule has 0 aromatic carbocycles. The van der Waals surface area contributed by atoms with Crippen molar-refractivity contribution >= 4 is 5.97 Å². The summed E-state index contributed by atoms with van der Waals surface area (Å²) in [6.45, 7) is 5.08. The molecule has 0 aromatic heterocycles. The largest absolute Gasteiger partial charge is 0.457 e. The number of aliphatic hydroxyl groups excluding tert-OH is 1. The first-order chi connectivity index (χ1) is 22.7. The zero-order valence-electron chi connectivity index (χ0n) is 30.1. The molecule has 0 aliphatic rings. The van der Waals surface area contributed by atoms with Crippen LogP contribution in [0.2, 0.25) is 0 Å². The Morgan fingerprint density at radius 2 is 0.957 bits per heavy atom. The van der Waals surface area contributed by atoms with Gasteiger partial charge in [0.25, 0.3) is 0 Å². The Kier molecular flexibility index (Phi) is 37.2. The molecule has 1 atom stereocenters. The second-order valence-corrected chi connectivity index (χ2v) is 12.3. The highest BCUT2D eigenvalue weighted by Gasteiger charge is 2.13. The molecule has 0 amide bonds. The van der Waals surface area contributed by atoms with Gasteiger partial charge in [-0.1, -0.05) is 170 Å². The molecule has 1 unspecified atom stereocenters. The van der Waals surface area contributed by atoms with Crippen molar-refractivity contribution in [1.29, 1.82) is 0 Å². The van der Waals surface area contributed by atoms with Crippen molar-refractivity contribution in [3.8, 4) is 0 Å². The van der Waals surface area contributed by atoms with E-state index in [9.17, 15) is 9.90 Å². The highest BCUT2D eigenvalue weighted by atomic mass is 16.6. The monoisotopic (exact) mass is 641 g/mol. The zero-order valence-corrected chi connectivity index (χ0v) is 30.1. The van der Waals surface area contributed by atoms with Gasteiger partial charge in [0, 0.05) is 13.0 Å². The lowest BCUT2D eigenvalue weighted by molar-refractivity contribution is -0.154. The van der Waals surface area contributed by atoms with Crippen LogP contribution in [0.4, 0.5) is 0 Å². The summed E-state index contributed by atoms with van der Waals surface area (Å²) in [7, 11) is 0. The van der Waals surface area contributed by atoms with E-state index in [0.717, 1.165) is 64.2 Å². The van der Waals surface area contributed by atoms with Gasteiger partial charge in [0.05, 0.1) is 13.2 Å². The maximum absolute atomic E-state index is 12.1. The van der Waals surface area contributed by atoms with E-state index in [2.05, 4.69) is 86.8 Å². The average molecular weight is 641 g/mol. The third-order valence-corrected chi connectivity index (χ3v) is 7.80. The summed E-state index contributed by atoms with van der Waals surface area (Å²) >= 11 is 0. The number of allylic oxidation sites excluding steroid dienone is 12. The molecular weight excluding hydrogens is 568 g/mol. The van der Waals surface area contributed by atoms with Crippen molar-refractivity contribution in [1.82, 2.24) is 0 Å². The lowest BCUT2D eigenvalue weighted by Crippen LogP contribution is -2.27. The first-order valence-electron chi connectivity index (χ1n) is 19.0. The molecule has 1 N–H and O–H groups in total. The van der Waals surface area contributed by atoms with Gasteiger partial charge in [-0.3, -0.25) is 4.79 Å². The highest BCUT2D eigenvalue weighted by molar-refractivity contribution is 5.69. The molecule has 0 saturated heterocycles. The van der Waals surface area contributed by atoms with Crippen molar-refractivity contribution < 1.29 is 19.4 Å². The number of aliphatic hydroxyl groups is 1. The SMILES string of the molecule is CC/C=C\C/C=C\C/C=C\C/C=C\C/C=C\C/C=C\CCCOCC(CO)OC(=O)CCCCCCCCCCCCCCCC. The zero-order chi connectivity index (χ0) is 33.4. The molecule has 46 heavy (non-hydrogen) atoms. The van der Waals surface area contributed by atoms with Gasteiger partial charge in [-0.15, -0.1) is 0 Å². The van der Waals surface area contributed by atoms with Gasteiger partial charge in [-0.2, -0.15) is 0 Å². The molecule has 4 nitrogen and oxygen atoms in total. The molecule has 0 rings (SSSR count). The predicted octanol–water partition coefficient (Wildman–Crippen LogP) is 12.3. The number of carbonyl (C=O) groups is 1. The number of carbonyl (C=O) groups excluding carboxylic acids is 1. The second kappa shape index (κ2) is 39.0. The standard InChI is InChI=1S/C42H72O4/c1-3-5-7-9-11-13-15-17-19-20-21-22-23-24-26-28-30-32-34-36-38-45-40-41(39-43)46-42(44)37-35-33-31-29-27-25-18-16-14-12-10-8-6-4-2/h5,7,11,13,17,19,21-22,24,26,30,32,41,43H,3-4,6,8-10,12,14-16,18,20,23,25,27-29,31,33-40H2,1-2H3/b7-5-,13-11-,19-17-,22-21-,26-24-,32-30-. The van der Waals surface area contributed by atoms with E-state index in [4.69, 9.17) is 9.47 Å². The molecule has 0 heterocycles. The molecule has 0 spiro atoms. The summed E-state index contributed by atoms with van der Waals surface area (Å²) < 4.78 is 11.1. The number of unbranched alkanes of at least 4 members (excludes halogenated alkanes) is 14. The van der Waals surface area contributed by atoms with Crippen LogP contribution in [-0.2, 0) is 14.3 Å². The third-order valence-electron chi connectivity index (χ3n) is 7.80. The molecule has 0 bridgehead atoms. The van der Waals surface area contributed by atoms with Crippen LogP contribution in [-0.4, -0.2) is 37.0 Å². The second-order valence-electron chi connectivity index (χ2n) is 12.3. The molecule has 0 aliphatic heterocycles. The van der Waals surface area contributed by atoms with Gasteiger partial charge in [-0.05, 0) is 57.8 Å². The fourth-order valence-corrected chi connectivity index (χ4v) is 4.99. The molecule has 0 aromatic rings. The first kappa shape index (κ1) is 43.8. The fourth-order valence-electron chi connectivity index (χ4n) is 4.99. The Balaban J connectivity index is 3.59. The van der Waals surface area contributed by atoms with Gasteiger partial charge in [-0.25, -0.2) is 0 Å². The minimum atomic E-state index is -0.565. The lowest BCUT2D eigenvalue weighted by atomic mass is 10.0. The number of hydrogen-bond donors (Lipinski definition) is 1. The van der Waals surface area contributed by atoms with Crippen LogP contribution in [0.3, 0.4) is 0 Å². The summed E-state index contributed by atoms with van der Waals surface area (Å²) in [4.78, 5) is 12.1. The Hall–Kier alpha value is -2.17. The van der Waals surface area contributed by atoms with E-state index in [1.807, 2.05) is 0 Å². The van der Waals surface area contributed by atoms with Crippen molar-refractivity contribution in [2.45, 2.75) is 168 Å². The molecule has 4 heteroatoms. The summed E-state index contributed by atoms with van der Waals surface area (Å²) in [5.74, 6) is -0.223. The number of hydrogen-bond acceptors (Lipinski definition) is 4. The Morgan fingerprint density at radius 1 is 0.543 bits per heavy atom. The summed E-state index contributed by atoms with van der Waals surface area (Å²) in [5, 5.41) is 9.56. The van der Waals surface area contributed by atoms with Gasteiger partial charge in [0.1, 0.15) is 6.10 Å². The van der Waals surface area contributed by atoms with Gasteiger partial charge < -0.3 is 14.6 Å². The highest BCUT2D eigenvalue weighted by Crippen LogP contribution is 2.14. The number of esters is 1. The van der Waals surface area contributed by atoms with Crippen LogP contribution in [0.1, 0.15) is 162 Å². The third kappa shape index (κ3) is 36.3. The molecule has 0 saturated carbocycles. The fraction of sp³-hybridized carbons (Fsp3) is 0.690. The summed E-state index contributed by atoms with van der Waals surface area (Å²) in [6, 6.07) is 0. The van der Waals surface area contributed by atoms with Crippen LogP contribution in [0, 0.1) is 0 Å². The van der Waals surface area contributed by atoms with E-state index >= 15 is 0 Å². The number of rotatable bonds is 34. The Bertz CT molecular complexity index is 804. The van der Waals surface area contributed by atoms with Crippen LogP contribution in [0.5, 0.6) is 0 Å². The topological polar surface area (TPSA) is 55.8 Å². The van der Waals surface area contributed by atoms with Crippen molar-refractivity contribution in [3.05, 3.63) is 72.9 Å². The smallest absolute Gasteiger partial charge is 0.306 e. The Labute approximate surface area is 285 Å². The predicted molar refractivity (Wildman–Crippen MR) is 200 cm³/mol. The van der Waals surface area contributed by atoms with E-state index < -0.39 is 6.10 Å². The maximum atomic E-state index is 12.1. The van der Waals surface area contributed by atoms with Gasteiger partial charge >= 0.3 is 5.97 Å². The van der Waals surface area contributed by atoms with Crippen molar-refractivity contribution in [2.24, 2.45) is 0 Å². The van der Waals surface area contributed by atoms with E-state index in [1.165, 1.54) is 77.0 Å². The van der Waals surface area contributed by atoms with E-state index in [-0.39, 0.29) is 19.2 Å². The molecule has 0 radical (unpaired) electrons. The van der Waals surface area contributed by atoms with E-state index in [0.29, 0.717) is 13.0 Å². The molecular formula is C42H72O4. The lowest BCUT2D eigenvalue weighted by Gasteiger charge is -2.15. The van der Waals surface area contributed by atoms with Crippen LogP contribution < -0.4 is 0 Å². The maximum Gasteiger partial charge on any atom is 0.306 e. The first-order valence-corrected chi connectivity index (χ1v) is 19.0. The normalized spacial score (nSPS) is 13.2. The molecule has 0 fully saturated rings. The van der Waals surface area contributed by atoms with Crippen molar-refractivity contribution in [2.75, 3.05) is 19.8 Å². The van der Waals surface area contributed by atoms with E-state index in [1.54, 1.807) is 0 Å². The average Bonchev–Trinajstić information content (AvgIpc) is 3.06. The van der Waals surface area contributed by atoms with Crippen molar-refractivity contribution in [3.63, 3.8) is 0 Å². The molecule has 264 valence electrons. The summed E-state index contributed by atoms with van der Waals surface area (Å²) in [6.07, 6.45) is 52.4. The Morgan fingerprint density at radius 3 is 1.39 bits per heavy atom. The van der Waals surface area contributed by atoms with Gasteiger partial charge in [0.15, 0.2) is 0 Å². The van der Waals surface area contributed by atoms with Crippen LogP contribution in [0.15, 0.2) is 72.9 Å². The van der Waals surface area contributed by atoms with Crippen LogP contribution >= 0.6 is 0 Å². The quantitative estimate of drug-likeness (QED) is 0.0432. The minimum absolute atomic E-state index is 0.197. The minimum Gasteiger partial charge on any atom is -0.457 e. The number of ether oxygens (including phenoxy) is 2. The molecule has 0 aliphatic carbocycles.